The molecule has 2 aromatic rings. The average molecular weight is 441 g/mol. The summed E-state index contributed by atoms with van der Waals surface area (Å²) in [6.45, 7) is 4.14. The SMILES string of the molecule is CCOc1ccc(-c2nc(CS(=O)(=O)CC(=O)N3CCOCC3)cs2)cc1OC. The molecule has 1 aromatic heterocycles. The topological polar surface area (TPSA) is 95.0 Å². The molecule has 1 fully saturated rings. The summed E-state index contributed by atoms with van der Waals surface area (Å²) < 4.78 is 41.0. The van der Waals surface area contributed by atoms with Crippen LogP contribution in [-0.4, -0.2) is 70.0 Å². The molecule has 2 heterocycles. The van der Waals surface area contributed by atoms with Crippen LogP contribution in [0.2, 0.25) is 0 Å². The van der Waals surface area contributed by atoms with Gasteiger partial charge in [-0.25, -0.2) is 13.4 Å². The second-order valence-electron chi connectivity index (χ2n) is 6.47. The fourth-order valence-electron chi connectivity index (χ4n) is 2.95. The van der Waals surface area contributed by atoms with Crippen molar-refractivity contribution in [2.24, 2.45) is 0 Å². The Bertz CT molecular complexity index is 951. The molecule has 3 rings (SSSR count). The van der Waals surface area contributed by atoms with Crippen LogP contribution in [0, 0.1) is 0 Å². The molecule has 1 amide bonds. The molecule has 29 heavy (non-hydrogen) atoms. The summed E-state index contributed by atoms with van der Waals surface area (Å²) in [6, 6.07) is 5.47. The lowest BCUT2D eigenvalue weighted by Crippen LogP contribution is -2.43. The molecular weight excluding hydrogens is 416 g/mol. The van der Waals surface area contributed by atoms with Crippen LogP contribution >= 0.6 is 11.3 Å². The molecule has 1 aliphatic heterocycles. The number of nitrogens with zero attached hydrogens (tertiary/aromatic N) is 2. The summed E-state index contributed by atoms with van der Waals surface area (Å²) in [5.41, 5.74) is 1.23. The summed E-state index contributed by atoms with van der Waals surface area (Å²) >= 11 is 1.34. The number of ether oxygens (including phenoxy) is 3. The van der Waals surface area contributed by atoms with Gasteiger partial charge in [0.05, 0.1) is 38.4 Å². The van der Waals surface area contributed by atoms with E-state index in [1.54, 1.807) is 18.6 Å². The van der Waals surface area contributed by atoms with Crippen molar-refractivity contribution in [1.29, 1.82) is 0 Å². The number of benzene rings is 1. The lowest BCUT2D eigenvalue weighted by atomic mass is 10.2. The van der Waals surface area contributed by atoms with Gasteiger partial charge < -0.3 is 19.1 Å². The Balaban J connectivity index is 1.68. The van der Waals surface area contributed by atoms with Gasteiger partial charge in [0.25, 0.3) is 0 Å². The van der Waals surface area contributed by atoms with E-state index in [1.807, 2.05) is 19.1 Å². The number of carbonyl (C=O) groups is 1. The first kappa shape index (κ1) is 21.5. The Morgan fingerprint density at radius 2 is 2.03 bits per heavy atom. The van der Waals surface area contributed by atoms with Crippen LogP contribution in [0.1, 0.15) is 12.6 Å². The van der Waals surface area contributed by atoms with Crippen molar-refractivity contribution in [3.8, 4) is 22.1 Å². The van der Waals surface area contributed by atoms with Crippen molar-refractivity contribution >= 4 is 27.1 Å². The number of hydrogen-bond donors (Lipinski definition) is 0. The van der Waals surface area contributed by atoms with Gasteiger partial charge in [-0.2, -0.15) is 0 Å². The number of carbonyl (C=O) groups excluding carboxylic acids is 1. The van der Waals surface area contributed by atoms with Crippen molar-refractivity contribution in [2.45, 2.75) is 12.7 Å². The normalized spacial score (nSPS) is 14.6. The molecule has 1 aliphatic rings. The van der Waals surface area contributed by atoms with Crippen LogP contribution in [0.4, 0.5) is 0 Å². The quantitative estimate of drug-likeness (QED) is 0.619. The molecule has 1 saturated heterocycles. The molecule has 0 radical (unpaired) electrons. The Morgan fingerprint density at radius 1 is 1.28 bits per heavy atom. The molecular formula is C19H24N2O6S2. The smallest absolute Gasteiger partial charge is 0.237 e. The minimum absolute atomic E-state index is 0.270. The molecule has 1 aromatic carbocycles. The molecule has 0 unspecified atom stereocenters. The largest absolute Gasteiger partial charge is 0.493 e. The molecule has 0 spiro atoms. The Morgan fingerprint density at radius 3 is 2.72 bits per heavy atom. The summed E-state index contributed by atoms with van der Waals surface area (Å²) in [5.74, 6) is 0.0503. The monoisotopic (exact) mass is 440 g/mol. The fourth-order valence-corrected chi connectivity index (χ4v) is 5.13. The van der Waals surface area contributed by atoms with E-state index in [0.29, 0.717) is 55.1 Å². The molecule has 0 saturated carbocycles. The predicted molar refractivity (Wildman–Crippen MR) is 110 cm³/mol. The molecule has 0 aliphatic carbocycles. The molecule has 0 N–H and O–H groups in total. The van der Waals surface area contributed by atoms with Crippen LogP contribution in [0.25, 0.3) is 10.6 Å². The van der Waals surface area contributed by atoms with Gasteiger partial charge in [0.1, 0.15) is 10.8 Å². The van der Waals surface area contributed by atoms with Crippen LogP contribution in [0.5, 0.6) is 11.5 Å². The van der Waals surface area contributed by atoms with E-state index in [9.17, 15) is 13.2 Å². The lowest BCUT2D eigenvalue weighted by Gasteiger charge is -2.26. The van der Waals surface area contributed by atoms with Gasteiger partial charge in [0, 0.05) is 24.0 Å². The summed E-state index contributed by atoms with van der Waals surface area (Å²) in [4.78, 5) is 18.2. The third kappa shape index (κ3) is 5.68. The highest BCUT2D eigenvalue weighted by atomic mass is 32.2. The van der Waals surface area contributed by atoms with Crippen LogP contribution in [0.15, 0.2) is 23.6 Å². The van der Waals surface area contributed by atoms with Crippen molar-refractivity contribution in [2.75, 3.05) is 45.8 Å². The maximum atomic E-state index is 12.5. The highest BCUT2D eigenvalue weighted by Gasteiger charge is 2.24. The maximum Gasteiger partial charge on any atom is 0.237 e. The van der Waals surface area contributed by atoms with Gasteiger partial charge >= 0.3 is 0 Å². The standard InChI is InChI=1S/C19H24N2O6S2/c1-3-27-16-5-4-14(10-17(16)25-2)19-20-15(11-28-19)12-29(23,24)13-18(22)21-6-8-26-9-7-21/h4-5,10-11H,3,6-9,12-13H2,1-2H3. The van der Waals surface area contributed by atoms with E-state index in [-0.39, 0.29) is 11.7 Å². The second kappa shape index (κ2) is 9.55. The first-order valence-corrected chi connectivity index (χ1v) is 11.9. The minimum atomic E-state index is -3.61. The summed E-state index contributed by atoms with van der Waals surface area (Å²) in [6.07, 6.45) is 0. The molecule has 8 nitrogen and oxygen atoms in total. The Kier molecular flexibility index (Phi) is 7.09. The fraction of sp³-hybridized carbons (Fsp3) is 0.474. The molecule has 0 bridgehead atoms. The van der Waals surface area contributed by atoms with Gasteiger partial charge in [-0.3, -0.25) is 4.79 Å². The van der Waals surface area contributed by atoms with Gasteiger partial charge in [-0.1, -0.05) is 0 Å². The third-order valence-corrected chi connectivity index (χ3v) is 6.70. The van der Waals surface area contributed by atoms with Gasteiger partial charge in [-0.05, 0) is 25.1 Å². The maximum absolute atomic E-state index is 12.5. The van der Waals surface area contributed by atoms with Crippen molar-refractivity contribution in [3.05, 3.63) is 29.3 Å². The zero-order valence-corrected chi connectivity index (χ0v) is 18.1. The van der Waals surface area contributed by atoms with E-state index in [1.165, 1.54) is 16.2 Å². The van der Waals surface area contributed by atoms with E-state index in [0.717, 1.165) is 5.56 Å². The third-order valence-electron chi connectivity index (χ3n) is 4.34. The molecule has 10 heteroatoms. The zero-order valence-electron chi connectivity index (χ0n) is 16.4. The number of thiazole rings is 1. The van der Waals surface area contributed by atoms with Gasteiger partial charge in [0.2, 0.25) is 5.91 Å². The number of sulfone groups is 1. The van der Waals surface area contributed by atoms with E-state index in [2.05, 4.69) is 4.98 Å². The van der Waals surface area contributed by atoms with Crippen molar-refractivity contribution in [3.63, 3.8) is 0 Å². The predicted octanol–water partition coefficient (Wildman–Crippen LogP) is 1.99. The van der Waals surface area contributed by atoms with E-state index in [4.69, 9.17) is 14.2 Å². The second-order valence-corrected chi connectivity index (χ2v) is 9.39. The molecule has 158 valence electrons. The first-order valence-electron chi connectivity index (χ1n) is 9.23. The number of morpholine rings is 1. The average Bonchev–Trinajstić information content (AvgIpc) is 3.16. The zero-order chi connectivity index (χ0) is 20.9. The van der Waals surface area contributed by atoms with Crippen LogP contribution in [-0.2, 0) is 25.1 Å². The number of hydrogen-bond acceptors (Lipinski definition) is 8. The Labute approximate surface area is 174 Å². The van der Waals surface area contributed by atoms with E-state index >= 15 is 0 Å². The Hall–Kier alpha value is -2.17. The summed E-state index contributed by atoms with van der Waals surface area (Å²) in [5, 5.41) is 2.38. The van der Waals surface area contributed by atoms with Crippen molar-refractivity contribution in [1.82, 2.24) is 9.88 Å². The van der Waals surface area contributed by atoms with Crippen LogP contribution < -0.4 is 9.47 Å². The number of aromatic nitrogens is 1. The number of amides is 1. The highest BCUT2D eigenvalue weighted by molar-refractivity contribution is 7.91. The number of rotatable bonds is 8. The summed E-state index contributed by atoms with van der Waals surface area (Å²) in [7, 11) is -2.05. The van der Waals surface area contributed by atoms with Crippen molar-refractivity contribution < 1.29 is 27.4 Å². The van der Waals surface area contributed by atoms with Gasteiger partial charge in [0.15, 0.2) is 21.3 Å². The number of methoxy groups -OCH3 is 1. The van der Waals surface area contributed by atoms with Crippen LogP contribution in [0.3, 0.4) is 0 Å². The first-order chi connectivity index (χ1) is 13.9. The minimum Gasteiger partial charge on any atom is -0.493 e. The molecule has 0 atom stereocenters. The highest BCUT2D eigenvalue weighted by Crippen LogP contribution is 2.34. The van der Waals surface area contributed by atoms with E-state index < -0.39 is 15.6 Å². The van der Waals surface area contributed by atoms with Gasteiger partial charge in [-0.15, -0.1) is 11.3 Å². The lowest BCUT2D eigenvalue weighted by molar-refractivity contribution is -0.132.